The third kappa shape index (κ3) is 19.2. The zero-order chi connectivity index (χ0) is 59.4. The number of carbonyl (C=O) groups excluding carboxylic acids is 10. The molecule has 436 valence electrons. The van der Waals surface area contributed by atoms with Crippen LogP contribution in [0.1, 0.15) is 91.0 Å². The number of hydrogen-bond acceptors (Lipinski definition) is 16. The van der Waals surface area contributed by atoms with Crippen molar-refractivity contribution >= 4 is 70.6 Å². The molecule has 1 fully saturated rings. The van der Waals surface area contributed by atoms with Crippen LogP contribution in [-0.4, -0.2) is 157 Å². The minimum Gasteiger partial charge on any atom is -0.508 e. The highest BCUT2D eigenvalue weighted by atomic mass is 32.2. The lowest BCUT2D eigenvalue weighted by Crippen LogP contribution is -2.62. The van der Waals surface area contributed by atoms with Crippen LogP contribution in [0.25, 0.3) is 0 Å². The molecule has 1 aliphatic heterocycles. The van der Waals surface area contributed by atoms with Gasteiger partial charge in [-0.25, -0.2) is 4.98 Å². The zero-order valence-corrected chi connectivity index (χ0v) is 47.2. The molecule has 10 unspecified atom stereocenters. The first-order valence-electron chi connectivity index (χ1n) is 26.7. The normalized spacial score (nSPS) is 16.7. The van der Waals surface area contributed by atoms with Gasteiger partial charge in [0, 0.05) is 36.5 Å². The molecule has 80 heavy (non-hydrogen) atoms. The number of nitrogens with one attached hydrogen (secondary N) is 7. The fourth-order valence-electron chi connectivity index (χ4n) is 9.14. The number of hydrogen-bond donors (Lipinski definition) is 10. The summed E-state index contributed by atoms with van der Waals surface area (Å²) in [6.07, 6.45) is 3.35. The fraction of sp³-hybridized carbons (Fsp3) is 0.545. The molecule has 0 spiro atoms. The van der Waals surface area contributed by atoms with Crippen LogP contribution in [0.5, 0.6) is 5.75 Å². The molecule has 4 rings (SSSR count). The van der Waals surface area contributed by atoms with Crippen LogP contribution in [0.4, 0.5) is 0 Å². The summed E-state index contributed by atoms with van der Waals surface area (Å²) in [6.45, 7) is 11.0. The number of nitroso groups, excluding NO2 is 1. The molecule has 2 aromatic carbocycles. The number of nitrogens with zero attached hydrogens (tertiary/aromatic N) is 3. The maximum absolute atomic E-state index is 14.6. The summed E-state index contributed by atoms with van der Waals surface area (Å²) in [5, 5.41) is 39.4. The highest BCUT2D eigenvalue weighted by molar-refractivity contribution is 7.98. The van der Waals surface area contributed by atoms with Gasteiger partial charge in [0.25, 0.3) is 5.91 Å². The Morgan fingerprint density at radius 2 is 1.29 bits per heavy atom. The van der Waals surface area contributed by atoms with Crippen LogP contribution >= 0.6 is 11.8 Å². The molecule has 25 heteroatoms. The average molecular weight is 1130 g/mol. The number of aromatic nitrogens is 2. The second-order valence-electron chi connectivity index (χ2n) is 21.1. The fourth-order valence-corrected chi connectivity index (χ4v) is 9.61. The number of phenols is 1. The van der Waals surface area contributed by atoms with Crippen molar-refractivity contribution in [3.05, 3.63) is 88.8 Å². The van der Waals surface area contributed by atoms with Gasteiger partial charge in [0.1, 0.15) is 47.9 Å². The Morgan fingerprint density at radius 3 is 1.85 bits per heavy atom. The van der Waals surface area contributed by atoms with E-state index < -0.39 is 131 Å². The van der Waals surface area contributed by atoms with E-state index in [2.05, 4.69) is 47.0 Å². The summed E-state index contributed by atoms with van der Waals surface area (Å²) in [5.41, 5.74) is 7.95. The van der Waals surface area contributed by atoms with Crippen LogP contribution in [0.3, 0.4) is 0 Å². The van der Waals surface area contributed by atoms with Crippen LogP contribution in [-0.2, 0) is 67.2 Å². The van der Waals surface area contributed by atoms with Gasteiger partial charge in [-0.3, -0.25) is 47.9 Å². The number of H-pyrrole nitrogens is 1. The number of phenolic OH excluding ortho intramolecular Hbond substituents is 1. The molecule has 0 aliphatic carbocycles. The molecule has 8 amide bonds. The number of ketones is 2. The molecule has 1 saturated heterocycles. The number of aliphatic hydroxyl groups excluding tert-OH is 1. The average Bonchev–Trinajstić information content (AvgIpc) is 4.14. The monoisotopic (exact) mass is 1130 g/mol. The van der Waals surface area contributed by atoms with E-state index in [-0.39, 0.29) is 56.7 Å². The molecule has 0 bridgehead atoms. The number of aromatic hydroxyl groups is 1. The summed E-state index contributed by atoms with van der Waals surface area (Å²) in [5.74, 6) is -12.2. The van der Waals surface area contributed by atoms with Crippen LogP contribution in [0.15, 0.2) is 72.3 Å². The van der Waals surface area contributed by atoms with E-state index in [0.29, 0.717) is 23.4 Å². The van der Waals surface area contributed by atoms with Gasteiger partial charge in [-0.05, 0) is 92.0 Å². The molecule has 11 N–H and O–H groups in total. The van der Waals surface area contributed by atoms with Crippen LogP contribution in [0, 0.1) is 28.6 Å². The van der Waals surface area contributed by atoms with E-state index in [4.69, 9.17) is 5.73 Å². The molecular formula is C55H77N11O13S. The molecule has 1 aromatic heterocycles. The van der Waals surface area contributed by atoms with Gasteiger partial charge in [-0.1, -0.05) is 84.0 Å². The molecular weight excluding hydrogens is 1050 g/mol. The van der Waals surface area contributed by atoms with E-state index >= 15 is 0 Å². The van der Waals surface area contributed by atoms with E-state index in [1.807, 2.05) is 44.2 Å². The largest absolute Gasteiger partial charge is 0.508 e. The number of amides is 8. The number of likely N-dealkylation sites (tertiary alicyclic amines) is 1. The van der Waals surface area contributed by atoms with Gasteiger partial charge in [0.05, 0.1) is 24.5 Å². The summed E-state index contributed by atoms with van der Waals surface area (Å²) in [4.78, 5) is 157. The van der Waals surface area contributed by atoms with E-state index in [1.165, 1.54) is 69.3 Å². The van der Waals surface area contributed by atoms with E-state index in [0.717, 1.165) is 10.5 Å². The second kappa shape index (κ2) is 31.4. The summed E-state index contributed by atoms with van der Waals surface area (Å²) < 4.78 is 0. The Morgan fingerprint density at radius 1 is 0.713 bits per heavy atom. The predicted octanol–water partition coefficient (Wildman–Crippen LogP) is 0.910. The van der Waals surface area contributed by atoms with E-state index in [1.54, 1.807) is 20.1 Å². The number of Topliss-reactive ketones (excluding diaryl/α,β-unsaturated/α-hetero) is 2. The maximum atomic E-state index is 14.6. The summed E-state index contributed by atoms with van der Waals surface area (Å²) in [7, 11) is 0. The predicted molar refractivity (Wildman–Crippen MR) is 297 cm³/mol. The van der Waals surface area contributed by atoms with Gasteiger partial charge in [0.2, 0.25) is 52.9 Å². The summed E-state index contributed by atoms with van der Waals surface area (Å²) >= 11 is 1.35. The topological polar surface area (TPSA) is 371 Å². The first-order chi connectivity index (χ1) is 37.9. The minimum absolute atomic E-state index is 0.000720. The molecule has 0 saturated carbocycles. The number of rotatable bonds is 31. The molecule has 10 atom stereocenters. The van der Waals surface area contributed by atoms with Crippen molar-refractivity contribution in [2.75, 3.05) is 18.6 Å². The smallest absolute Gasteiger partial charge is 0.297 e. The highest BCUT2D eigenvalue weighted by Crippen LogP contribution is 2.22. The third-order valence-corrected chi connectivity index (χ3v) is 14.2. The minimum atomic E-state index is -1.69. The van der Waals surface area contributed by atoms with Crippen molar-refractivity contribution < 1.29 is 58.2 Å². The zero-order valence-electron chi connectivity index (χ0n) is 46.4. The van der Waals surface area contributed by atoms with Crippen molar-refractivity contribution in [3.8, 4) is 5.75 Å². The number of imidazole rings is 1. The van der Waals surface area contributed by atoms with Gasteiger partial charge < -0.3 is 57.7 Å². The van der Waals surface area contributed by atoms with Gasteiger partial charge in [-0.2, -0.15) is 11.8 Å². The Kier molecular flexibility index (Phi) is 25.6. The molecule has 3 aromatic rings. The van der Waals surface area contributed by atoms with E-state index in [9.17, 15) is 63.1 Å². The number of carbonyl (C=O) groups is 10. The third-order valence-electron chi connectivity index (χ3n) is 13.5. The SMILES string of the molecule is CSCCC(NC(=O)C1CCCN1C(=O)C(NC(=O)C(Cc1cnc[nH]1)NC(=O)C(Cc1ccc(O)cc1)NC(=O)C(CC(C)C)NC(=O)C(N)Cc1ccccc1)C(C)O)C(=O)NC(C(=O)C(=O)C(C(=O)N=O)C(C)C)C(C)C. The highest BCUT2D eigenvalue weighted by Gasteiger charge is 2.43. The van der Waals surface area contributed by atoms with Crippen molar-refractivity contribution in [1.29, 1.82) is 0 Å². The number of nitrogens with two attached hydrogens (primary N) is 1. The number of aliphatic hydroxyl groups is 1. The quantitative estimate of drug-likeness (QED) is 0.0243. The summed E-state index contributed by atoms with van der Waals surface area (Å²) in [6, 6.07) is 4.24. The number of thioether (sulfide) groups is 1. The first-order valence-corrected chi connectivity index (χ1v) is 28.1. The molecule has 1 aliphatic rings. The Balaban J connectivity index is 1.57. The Labute approximate surface area is 469 Å². The van der Waals surface area contributed by atoms with Crippen molar-refractivity contribution in [3.63, 3.8) is 0 Å². The van der Waals surface area contributed by atoms with Crippen LogP contribution in [0.2, 0.25) is 0 Å². The van der Waals surface area contributed by atoms with Gasteiger partial charge >= 0.3 is 0 Å². The first kappa shape index (κ1) is 65.1. The van der Waals surface area contributed by atoms with Gasteiger partial charge in [0.15, 0.2) is 0 Å². The van der Waals surface area contributed by atoms with Crippen molar-refractivity contribution in [1.82, 2.24) is 46.8 Å². The Bertz CT molecular complexity index is 2620. The van der Waals surface area contributed by atoms with Crippen LogP contribution < -0.4 is 37.6 Å². The van der Waals surface area contributed by atoms with Gasteiger partial charge in [-0.15, -0.1) is 4.91 Å². The van der Waals surface area contributed by atoms with Crippen molar-refractivity contribution in [2.45, 2.75) is 148 Å². The Hall–Kier alpha value is -7.38. The maximum Gasteiger partial charge on any atom is 0.297 e. The lowest BCUT2D eigenvalue weighted by Gasteiger charge is -2.32. The molecule has 24 nitrogen and oxygen atoms in total. The molecule has 2 heterocycles. The lowest BCUT2D eigenvalue weighted by atomic mass is 9.84. The standard InChI is InChI=1S/C55H77N11O13S/c1-29(2)23-39(60-48(71)37(56)24-33-13-10-9-11-14-33)50(73)61-40(25-34-16-18-36(68)19-17-34)51(74)62-41(26-35-27-57-28-58-35)52(75)64-45(32(7)67)55(78)66-21-12-15-42(66)53(76)59-38(20-22-80-8)49(72)63-44(31(5)6)47(70)46(69)43(30(3)4)54(77)65-79/h9-11,13-14,16-19,27-32,37-45,67-68H,12,15,20-26,56H2,1-8H3,(H,57,58)(H,59,76)(H,60,71)(H,61,73)(H,62,74)(H,63,72)(H,64,75). The lowest BCUT2D eigenvalue weighted by molar-refractivity contribution is -0.146. The van der Waals surface area contributed by atoms with Crippen molar-refractivity contribution in [2.24, 2.45) is 34.6 Å². The second-order valence-corrected chi connectivity index (χ2v) is 22.1. The number of aromatic amines is 1. The molecule has 0 radical (unpaired) electrons. The number of benzene rings is 2.